The van der Waals surface area contributed by atoms with Crippen LogP contribution in [0.4, 0.5) is 0 Å². The van der Waals surface area contributed by atoms with Crippen molar-refractivity contribution in [1.82, 2.24) is 0 Å². The molecule has 1 rings (SSSR count). The largest absolute Gasteiger partial charge is 0.460 e. The van der Waals surface area contributed by atoms with Crippen molar-refractivity contribution in [3.05, 3.63) is 0 Å². The van der Waals surface area contributed by atoms with Crippen LogP contribution >= 0.6 is 0 Å². The van der Waals surface area contributed by atoms with Crippen LogP contribution in [0, 0.1) is 5.92 Å². The van der Waals surface area contributed by atoms with Crippen LogP contribution in [0.2, 0.25) is 0 Å². The molecule has 0 heterocycles. The standard InChI is InChI=1S/C9H16O3/c1-9(2,3)12-8(11)6-4-7(10)5-6/h6-7,10H,4-5H2,1-3H3. The summed E-state index contributed by atoms with van der Waals surface area (Å²) in [5.41, 5.74) is -0.405. The van der Waals surface area contributed by atoms with Gasteiger partial charge in [0.2, 0.25) is 0 Å². The van der Waals surface area contributed by atoms with Crippen molar-refractivity contribution in [2.45, 2.75) is 45.3 Å². The van der Waals surface area contributed by atoms with E-state index in [-0.39, 0.29) is 18.0 Å². The molecule has 0 aromatic heterocycles. The van der Waals surface area contributed by atoms with Crippen LogP contribution in [0.3, 0.4) is 0 Å². The number of esters is 1. The summed E-state index contributed by atoms with van der Waals surface area (Å²) in [6.45, 7) is 5.54. The predicted octanol–water partition coefficient (Wildman–Crippen LogP) is 1.10. The molecule has 0 aromatic rings. The second-order valence-corrected chi connectivity index (χ2v) is 4.36. The number of aliphatic hydroxyl groups is 1. The van der Waals surface area contributed by atoms with E-state index in [1.807, 2.05) is 20.8 Å². The van der Waals surface area contributed by atoms with Gasteiger partial charge in [-0.15, -0.1) is 0 Å². The molecular weight excluding hydrogens is 156 g/mol. The van der Waals surface area contributed by atoms with Crippen molar-refractivity contribution < 1.29 is 14.6 Å². The van der Waals surface area contributed by atoms with Crippen LogP contribution in [-0.2, 0) is 9.53 Å². The molecule has 1 aliphatic carbocycles. The van der Waals surface area contributed by atoms with Crippen molar-refractivity contribution in [2.24, 2.45) is 5.92 Å². The Balaban J connectivity index is 2.30. The average molecular weight is 172 g/mol. The lowest BCUT2D eigenvalue weighted by Gasteiger charge is -2.32. The molecule has 3 nitrogen and oxygen atoms in total. The number of rotatable bonds is 1. The summed E-state index contributed by atoms with van der Waals surface area (Å²) in [7, 11) is 0. The van der Waals surface area contributed by atoms with Crippen molar-refractivity contribution in [1.29, 1.82) is 0 Å². The Kier molecular flexibility index (Phi) is 2.42. The molecule has 0 amide bonds. The lowest BCUT2D eigenvalue weighted by Crippen LogP contribution is -2.38. The van der Waals surface area contributed by atoms with Crippen LogP contribution in [0.25, 0.3) is 0 Å². The van der Waals surface area contributed by atoms with Crippen molar-refractivity contribution in [2.75, 3.05) is 0 Å². The molecule has 0 aromatic carbocycles. The van der Waals surface area contributed by atoms with Crippen LogP contribution in [0.1, 0.15) is 33.6 Å². The lowest BCUT2D eigenvalue weighted by atomic mass is 9.82. The monoisotopic (exact) mass is 172 g/mol. The number of hydrogen-bond acceptors (Lipinski definition) is 3. The highest BCUT2D eigenvalue weighted by molar-refractivity contribution is 5.74. The van der Waals surface area contributed by atoms with E-state index in [1.54, 1.807) is 0 Å². The average Bonchev–Trinajstić information content (AvgIpc) is 1.76. The minimum absolute atomic E-state index is 0.0702. The second-order valence-electron chi connectivity index (χ2n) is 4.36. The van der Waals surface area contributed by atoms with E-state index in [9.17, 15) is 4.79 Å². The Morgan fingerprint density at radius 2 is 1.92 bits per heavy atom. The maximum Gasteiger partial charge on any atom is 0.309 e. The van der Waals surface area contributed by atoms with Crippen molar-refractivity contribution >= 4 is 5.97 Å². The first-order valence-corrected chi connectivity index (χ1v) is 4.29. The van der Waals surface area contributed by atoms with Gasteiger partial charge in [0.25, 0.3) is 0 Å². The van der Waals surface area contributed by atoms with Gasteiger partial charge in [0.15, 0.2) is 0 Å². The van der Waals surface area contributed by atoms with Gasteiger partial charge in [-0.3, -0.25) is 4.79 Å². The normalized spacial score (nSPS) is 29.3. The summed E-state index contributed by atoms with van der Waals surface area (Å²) in [4.78, 5) is 11.3. The number of carbonyl (C=O) groups excluding carboxylic acids is 1. The first-order valence-electron chi connectivity index (χ1n) is 4.29. The van der Waals surface area contributed by atoms with Gasteiger partial charge in [0.05, 0.1) is 12.0 Å². The fraction of sp³-hybridized carbons (Fsp3) is 0.889. The first kappa shape index (κ1) is 9.52. The predicted molar refractivity (Wildman–Crippen MR) is 44.6 cm³/mol. The van der Waals surface area contributed by atoms with Gasteiger partial charge in [-0.05, 0) is 33.6 Å². The Morgan fingerprint density at radius 3 is 2.25 bits per heavy atom. The quantitative estimate of drug-likeness (QED) is 0.602. The topological polar surface area (TPSA) is 46.5 Å². The van der Waals surface area contributed by atoms with E-state index in [0.29, 0.717) is 12.8 Å². The summed E-state index contributed by atoms with van der Waals surface area (Å²) < 4.78 is 5.14. The molecule has 0 saturated heterocycles. The molecule has 1 fully saturated rings. The first-order chi connectivity index (χ1) is 5.38. The smallest absolute Gasteiger partial charge is 0.309 e. The summed E-state index contributed by atoms with van der Waals surface area (Å²) >= 11 is 0. The van der Waals surface area contributed by atoms with Crippen LogP contribution in [0.5, 0.6) is 0 Å². The third kappa shape index (κ3) is 2.48. The molecule has 0 bridgehead atoms. The van der Waals surface area contributed by atoms with E-state index < -0.39 is 5.60 Å². The third-order valence-corrected chi connectivity index (χ3v) is 1.85. The maximum atomic E-state index is 11.3. The zero-order valence-corrected chi connectivity index (χ0v) is 7.83. The number of ether oxygens (including phenoxy) is 1. The van der Waals surface area contributed by atoms with E-state index in [4.69, 9.17) is 9.84 Å². The minimum Gasteiger partial charge on any atom is -0.460 e. The number of carbonyl (C=O) groups is 1. The third-order valence-electron chi connectivity index (χ3n) is 1.85. The summed E-state index contributed by atoms with van der Waals surface area (Å²) in [6, 6.07) is 0. The van der Waals surface area contributed by atoms with Gasteiger partial charge in [0.1, 0.15) is 5.60 Å². The van der Waals surface area contributed by atoms with Crippen LogP contribution < -0.4 is 0 Å². The molecule has 0 aliphatic heterocycles. The Hall–Kier alpha value is -0.570. The summed E-state index contributed by atoms with van der Waals surface area (Å²) in [5, 5.41) is 8.96. The highest BCUT2D eigenvalue weighted by Gasteiger charge is 2.35. The highest BCUT2D eigenvalue weighted by atomic mass is 16.6. The molecule has 70 valence electrons. The zero-order valence-electron chi connectivity index (χ0n) is 7.83. The molecule has 1 saturated carbocycles. The van der Waals surface area contributed by atoms with Crippen LogP contribution in [-0.4, -0.2) is 22.8 Å². The lowest BCUT2D eigenvalue weighted by molar-refractivity contribution is -0.167. The van der Waals surface area contributed by atoms with Crippen molar-refractivity contribution in [3.63, 3.8) is 0 Å². The molecule has 0 unspecified atom stereocenters. The molecule has 12 heavy (non-hydrogen) atoms. The van der Waals surface area contributed by atoms with Gasteiger partial charge >= 0.3 is 5.97 Å². The van der Waals surface area contributed by atoms with Crippen molar-refractivity contribution in [3.8, 4) is 0 Å². The fourth-order valence-corrected chi connectivity index (χ4v) is 1.17. The minimum atomic E-state index is -0.405. The Bertz CT molecular complexity index is 175. The molecule has 0 radical (unpaired) electrons. The number of aliphatic hydroxyl groups excluding tert-OH is 1. The molecule has 0 spiro atoms. The molecule has 1 N–H and O–H groups in total. The van der Waals surface area contributed by atoms with Gasteiger partial charge in [0, 0.05) is 0 Å². The number of hydrogen-bond donors (Lipinski definition) is 1. The zero-order chi connectivity index (χ0) is 9.35. The Morgan fingerprint density at radius 1 is 1.42 bits per heavy atom. The van der Waals surface area contributed by atoms with E-state index in [1.165, 1.54) is 0 Å². The molecule has 1 aliphatic rings. The molecule has 0 atom stereocenters. The Labute approximate surface area is 72.7 Å². The van der Waals surface area contributed by atoms with E-state index >= 15 is 0 Å². The summed E-state index contributed by atoms with van der Waals surface area (Å²) in [6.07, 6.45) is 0.839. The summed E-state index contributed by atoms with van der Waals surface area (Å²) in [5.74, 6) is -0.243. The van der Waals surface area contributed by atoms with Crippen LogP contribution in [0.15, 0.2) is 0 Å². The van der Waals surface area contributed by atoms with Gasteiger partial charge in [-0.1, -0.05) is 0 Å². The van der Waals surface area contributed by atoms with E-state index in [0.717, 1.165) is 0 Å². The van der Waals surface area contributed by atoms with Gasteiger partial charge in [-0.25, -0.2) is 0 Å². The fourth-order valence-electron chi connectivity index (χ4n) is 1.17. The molecular formula is C9H16O3. The SMILES string of the molecule is CC(C)(C)OC(=O)C1CC(O)C1. The second kappa shape index (κ2) is 3.05. The van der Waals surface area contributed by atoms with Gasteiger partial charge in [-0.2, -0.15) is 0 Å². The maximum absolute atomic E-state index is 11.3. The highest BCUT2D eigenvalue weighted by Crippen LogP contribution is 2.29. The molecule has 3 heteroatoms. The van der Waals surface area contributed by atoms with Gasteiger partial charge < -0.3 is 9.84 Å². The van der Waals surface area contributed by atoms with E-state index in [2.05, 4.69) is 0 Å².